The third-order valence-electron chi connectivity index (χ3n) is 2.29. The van der Waals surface area contributed by atoms with Crippen LogP contribution in [0.25, 0.3) is 0 Å². The molecule has 0 aromatic rings. The lowest BCUT2D eigenvalue weighted by molar-refractivity contribution is 0.188. The number of thioether (sulfide) groups is 1. The molecule has 72 valence electrons. The van der Waals surface area contributed by atoms with Gasteiger partial charge in [0.15, 0.2) is 0 Å². The molecular formula is C9H19NOS. The van der Waals surface area contributed by atoms with E-state index in [9.17, 15) is 5.11 Å². The highest BCUT2D eigenvalue weighted by atomic mass is 32.2. The number of rotatable bonds is 4. The molecular weight excluding hydrogens is 170 g/mol. The molecule has 3 heteroatoms. The minimum Gasteiger partial charge on any atom is -0.392 e. The van der Waals surface area contributed by atoms with Crippen LogP contribution in [-0.4, -0.2) is 47.8 Å². The highest BCUT2D eigenvalue weighted by Gasteiger charge is 2.24. The average molecular weight is 189 g/mol. The molecule has 2 atom stereocenters. The number of hydrogen-bond donors (Lipinski definition) is 1. The van der Waals surface area contributed by atoms with Crippen molar-refractivity contribution < 1.29 is 5.11 Å². The van der Waals surface area contributed by atoms with Crippen LogP contribution in [-0.2, 0) is 0 Å². The highest BCUT2D eigenvalue weighted by Crippen LogP contribution is 2.29. The van der Waals surface area contributed by atoms with Crippen molar-refractivity contribution in [3.63, 3.8) is 0 Å². The lowest BCUT2D eigenvalue weighted by Crippen LogP contribution is -2.20. The molecule has 1 fully saturated rings. The van der Waals surface area contributed by atoms with Crippen LogP contribution < -0.4 is 0 Å². The van der Waals surface area contributed by atoms with Gasteiger partial charge in [-0.3, -0.25) is 0 Å². The summed E-state index contributed by atoms with van der Waals surface area (Å²) < 4.78 is 0. The summed E-state index contributed by atoms with van der Waals surface area (Å²) in [5.74, 6) is 1.15. The Labute approximate surface area is 79.3 Å². The summed E-state index contributed by atoms with van der Waals surface area (Å²) in [4.78, 5) is 2.19. The van der Waals surface area contributed by atoms with E-state index in [1.54, 1.807) is 0 Å². The normalized spacial score (nSPS) is 30.0. The first-order valence-electron chi connectivity index (χ1n) is 4.64. The van der Waals surface area contributed by atoms with Gasteiger partial charge in [-0.15, -0.1) is 0 Å². The summed E-state index contributed by atoms with van der Waals surface area (Å²) in [5.41, 5.74) is 0. The minimum atomic E-state index is -0.0304. The Morgan fingerprint density at radius 2 is 2.17 bits per heavy atom. The van der Waals surface area contributed by atoms with Gasteiger partial charge in [0.2, 0.25) is 0 Å². The van der Waals surface area contributed by atoms with Gasteiger partial charge in [-0.25, -0.2) is 0 Å². The quantitative estimate of drug-likeness (QED) is 0.719. The van der Waals surface area contributed by atoms with Gasteiger partial charge in [-0.05, 0) is 33.4 Å². The van der Waals surface area contributed by atoms with Crippen LogP contribution in [0.5, 0.6) is 0 Å². The van der Waals surface area contributed by atoms with Crippen molar-refractivity contribution in [2.45, 2.75) is 30.6 Å². The Morgan fingerprint density at radius 1 is 1.42 bits per heavy atom. The second-order valence-corrected chi connectivity index (χ2v) is 5.06. The van der Waals surface area contributed by atoms with E-state index in [4.69, 9.17) is 0 Å². The van der Waals surface area contributed by atoms with Crippen molar-refractivity contribution in [1.29, 1.82) is 0 Å². The zero-order valence-corrected chi connectivity index (χ0v) is 8.81. The summed E-state index contributed by atoms with van der Waals surface area (Å²) in [6.45, 7) is 1.12. The Bertz CT molecular complexity index is 130. The van der Waals surface area contributed by atoms with E-state index < -0.39 is 0 Å². The zero-order valence-electron chi connectivity index (χ0n) is 7.99. The van der Waals surface area contributed by atoms with Crippen LogP contribution in [0.2, 0.25) is 0 Å². The molecule has 0 unspecified atom stereocenters. The topological polar surface area (TPSA) is 23.5 Å². The van der Waals surface area contributed by atoms with E-state index in [-0.39, 0.29) is 6.10 Å². The lowest BCUT2D eigenvalue weighted by Gasteiger charge is -2.15. The highest BCUT2D eigenvalue weighted by molar-refractivity contribution is 8.00. The molecule has 0 aromatic heterocycles. The van der Waals surface area contributed by atoms with Crippen molar-refractivity contribution in [2.75, 3.05) is 26.4 Å². The predicted octanol–water partition coefficient (Wildman–Crippen LogP) is 1.19. The first-order valence-corrected chi connectivity index (χ1v) is 5.69. The van der Waals surface area contributed by atoms with Gasteiger partial charge in [0, 0.05) is 17.5 Å². The molecule has 0 aromatic carbocycles. The van der Waals surface area contributed by atoms with Crippen LogP contribution >= 0.6 is 11.8 Å². The molecule has 1 N–H and O–H groups in total. The zero-order chi connectivity index (χ0) is 8.97. The van der Waals surface area contributed by atoms with E-state index in [1.807, 2.05) is 11.8 Å². The maximum Gasteiger partial charge on any atom is 0.0658 e. The first kappa shape index (κ1) is 10.4. The van der Waals surface area contributed by atoms with Crippen LogP contribution in [0.15, 0.2) is 0 Å². The van der Waals surface area contributed by atoms with Gasteiger partial charge in [-0.2, -0.15) is 11.8 Å². The summed E-state index contributed by atoms with van der Waals surface area (Å²) in [7, 11) is 4.18. The fourth-order valence-electron chi connectivity index (χ4n) is 1.49. The Balaban J connectivity index is 2.06. The molecule has 2 nitrogen and oxygen atoms in total. The molecule has 1 rings (SSSR count). The monoisotopic (exact) mass is 189 g/mol. The van der Waals surface area contributed by atoms with E-state index in [0.717, 1.165) is 18.7 Å². The van der Waals surface area contributed by atoms with Gasteiger partial charge in [0.1, 0.15) is 0 Å². The number of nitrogens with zero attached hydrogens (tertiary/aromatic N) is 1. The van der Waals surface area contributed by atoms with E-state index in [2.05, 4.69) is 19.0 Å². The molecule has 0 saturated heterocycles. The van der Waals surface area contributed by atoms with E-state index >= 15 is 0 Å². The summed E-state index contributed by atoms with van der Waals surface area (Å²) in [6, 6.07) is 0. The van der Waals surface area contributed by atoms with Crippen LogP contribution in [0.4, 0.5) is 0 Å². The van der Waals surface area contributed by atoms with Crippen molar-refractivity contribution in [1.82, 2.24) is 4.90 Å². The SMILES string of the molecule is CN(C)CCS[C@@H]1CCC[C@H]1O. The van der Waals surface area contributed by atoms with Crippen LogP contribution in [0, 0.1) is 0 Å². The molecule has 1 saturated carbocycles. The van der Waals surface area contributed by atoms with Crippen molar-refractivity contribution in [3.8, 4) is 0 Å². The molecule has 0 aliphatic heterocycles. The largest absolute Gasteiger partial charge is 0.392 e. The molecule has 1 aliphatic rings. The summed E-state index contributed by atoms with van der Waals surface area (Å²) >= 11 is 1.93. The van der Waals surface area contributed by atoms with Gasteiger partial charge in [-0.1, -0.05) is 0 Å². The Hall–Kier alpha value is 0.270. The average Bonchev–Trinajstić information content (AvgIpc) is 2.36. The molecule has 0 bridgehead atoms. The van der Waals surface area contributed by atoms with E-state index in [0.29, 0.717) is 5.25 Å². The molecule has 12 heavy (non-hydrogen) atoms. The third-order valence-corrected chi connectivity index (χ3v) is 3.68. The van der Waals surface area contributed by atoms with Crippen molar-refractivity contribution >= 4 is 11.8 Å². The number of hydrogen-bond acceptors (Lipinski definition) is 3. The van der Waals surface area contributed by atoms with Crippen molar-refractivity contribution in [2.24, 2.45) is 0 Å². The van der Waals surface area contributed by atoms with Gasteiger partial charge in [0.05, 0.1) is 6.10 Å². The molecule has 0 radical (unpaired) electrons. The second kappa shape index (κ2) is 5.10. The van der Waals surface area contributed by atoms with Gasteiger partial charge in [0.25, 0.3) is 0 Å². The van der Waals surface area contributed by atoms with Crippen LogP contribution in [0.3, 0.4) is 0 Å². The number of aliphatic hydroxyl groups excluding tert-OH is 1. The molecule has 1 aliphatic carbocycles. The number of aliphatic hydroxyl groups is 1. The molecule has 0 heterocycles. The molecule has 0 amide bonds. The van der Waals surface area contributed by atoms with Crippen LogP contribution in [0.1, 0.15) is 19.3 Å². The predicted molar refractivity (Wildman–Crippen MR) is 54.7 cm³/mol. The maximum absolute atomic E-state index is 9.52. The standard InChI is InChI=1S/C9H19NOS/c1-10(2)6-7-12-9-5-3-4-8(9)11/h8-9,11H,3-7H2,1-2H3/t8-,9-/m1/s1. The minimum absolute atomic E-state index is 0.0304. The fraction of sp³-hybridized carbons (Fsp3) is 1.00. The van der Waals surface area contributed by atoms with Gasteiger partial charge >= 0.3 is 0 Å². The maximum atomic E-state index is 9.52. The molecule has 0 spiro atoms. The Morgan fingerprint density at radius 3 is 2.67 bits per heavy atom. The second-order valence-electron chi connectivity index (χ2n) is 3.71. The van der Waals surface area contributed by atoms with E-state index in [1.165, 1.54) is 12.8 Å². The van der Waals surface area contributed by atoms with Crippen molar-refractivity contribution in [3.05, 3.63) is 0 Å². The lowest BCUT2D eigenvalue weighted by atomic mass is 10.3. The summed E-state index contributed by atoms with van der Waals surface area (Å²) in [6.07, 6.45) is 3.40. The summed E-state index contributed by atoms with van der Waals surface area (Å²) in [5, 5.41) is 10.0. The fourth-order valence-corrected chi connectivity index (χ4v) is 2.95. The first-order chi connectivity index (χ1) is 5.70. The smallest absolute Gasteiger partial charge is 0.0658 e. The Kier molecular flexibility index (Phi) is 4.40. The van der Waals surface area contributed by atoms with Gasteiger partial charge < -0.3 is 10.0 Å². The third kappa shape index (κ3) is 3.33.